The number of rotatable bonds is 5. The molecule has 1 rings (SSSR count). The standard InChI is InChI=1S/C12H18BrN3O/c1-8(12(14)16-17)7-15-9(2)10-3-5-11(13)6-4-10/h3-6,8-9,15,17H,7H2,1-2H3,(H2,14,16)/t8?,9-/m0/s1. The van der Waals surface area contributed by atoms with Crippen molar-refractivity contribution in [2.45, 2.75) is 19.9 Å². The number of hydrogen-bond donors (Lipinski definition) is 3. The van der Waals surface area contributed by atoms with Crippen LogP contribution in [0.3, 0.4) is 0 Å². The molecule has 0 aliphatic rings. The first-order chi connectivity index (χ1) is 8.04. The van der Waals surface area contributed by atoms with Gasteiger partial charge in [-0.3, -0.25) is 0 Å². The fourth-order valence-corrected chi connectivity index (χ4v) is 1.69. The van der Waals surface area contributed by atoms with Crippen molar-refractivity contribution in [2.24, 2.45) is 16.8 Å². The molecule has 1 aromatic rings. The van der Waals surface area contributed by atoms with Crippen LogP contribution in [-0.4, -0.2) is 17.6 Å². The van der Waals surface area contributed by atoms with Gasteiger partial charge in [0.1, 0.15) is 5.84 Å². The van der Waals surface area contributed by atoms with E-state index in [1.807, 2.05) is 19.1 Å². The molecule has 94 valence electrons. The Hall–Kier alpha value is -1.07. The van der Waals surface area contributed by atoms with Crippen LogP contribution in [0.15, 0.2) is 33.9 Å². The largest absolute Gasteiger partial charge is 0.409 e. The Kier molecular flexibility index (Phi) is 5.44. The van der Waals surface area contributed by atoms with E-state index in [0.717, 1.165) is 4.47 Å². The summed E-state index contributed by atoms with van der Waals surface area (Å²) < 4.78 is 1.07. The molecule has 17 heavy (non-hydrogen) atoms. The fourth-order valence-electron chi connectivity index (χ4n) is 1.43. The first kappa shape index (κ1) is 14.0. The highest BCUT2D eigenvalue weighted by Gasteiger charge is 2.10. The van der Waals surface area contributed by atoms with Crippen molar-refractivity contribution in [3.05, 3.63) is 34.3 Å². The van der Waals surface area contributed by atoms with Crippen molar-refractivity contribution in [3.8, 4) is 0 Å². The first-order valence-electron chi connectivity index (χ1n) is 5.51. The zero-order valence-electron chi connectivity index (χ0n) is 10.0. The lowest BCUT2D eigenvalue weighted by Gasteiger charge is -2.17. The SMILES string of the molecule is CC(CN[C@@H](C)c1ccc(Br)cc1)/C(N)=N/O. The molecule has 1 aromatic carbocycles. The van der Waals surface area contributed by atoms with E-state index in [-0.39, 0.29) is 17.8 Å². The van der Waals surface area contributed by atoms with Gasteiger partial charge in [-0.05, 0) is 24.6 Å². The Labute approximate surface area is 110 Å². The third kappa shape index (κ3) is 4.36. The van der Waals surface area contributed by atoms with Crippen LogP contribution in [0, 0.1) is 5.92 Å². The van der Waals surface area contributed by atoms with Crippen LogP contribution < -0.4 is 11.1 Å². The Bertz CT molecular complexity index is 378. The summed E-state index contributed by atoms with van der Waals surface area (Å²) in [7, 11) is 0. The second-order valence-electron chi connectivity index (χ2n) is 4.11. The van der Waals surface area contributed by atoms with Crippen molar-refractivity contribution < 1.29 is 5.21 Å². The molecule has 2 atom stereocenters. The molecule has 0 saturated heterocycles. The van der Waals surface area contributed by atoms with E-state index < -0.39 is 0 Å². The Morgan fingerprint density at radius 3 is 2.53 bits per heavy atom. The minimum absolute atomic E-state index is 0.0119. The molecule has 4 nitrogen and oxygen atoms in total. The van der Waals surface area contributed by atoms with Crippen LogP contribution in [0.25, 0.3) is 0 Å². The van der Waals surface area contributed by atoms with Gasteiger partial charge in [-0.2, -0.15) is 0 Å². The summed E-state index contributed by atoms with van der Waals surface area (Å²) in [6, 6.07) is 8.39. The van der Waals surface area contributed by atoms with Gasteiger partial charge in [0, 0.05) is 23.0 Å². The van der Waals surface area contributed by atoms with Gasteiger partial charge >= 0.3 is 0 Å². The van der Waals surface area contributed by atoms with Crippen molar-refractivity contribution in [3.63, 3.8) is 0 Å². The number of hydrogen-bond acceptors (Lipinski definition) is 3. The average Bonchev–Trinajstić information content (AvgIpc) is 2.35. The number of halogens is 1. The Morgan fingerprint density at radius 2 is 2.00 bits per heavy atom. The summed E-state index contributed by atoms with van der Waals surface area (Å²) in [6.07, 6.45) is 0. The Balaban J connectivity index is 2.50. The van der Waals surface area contributed by atoms with Gasteiger partial charge in [-0.15, -0.1) is 0 Å². The molecule has 1 unspecified atom stereocenters. The lowest BCUT2D eigenvalue weighted by Crippen LogP contribution is -2.32. The molecule has 0 aliphatic heterocycles. The minimum atomic E-state index is 0.0119. The van der Waals surface area contributed by atoms with Gasteiger partial charge in [-0.1, -0.05) is 40.1 Å². The van der Waals surface area contributed by atoms with Gasteiger partial charge in [0.25, 0.3) is 0 Å². The van der Waals surface area contributed by atoms with Crippen LogP contribution in [0.1, 0.15) is 25.5 Å². The first-order valence-corrected chi connectivity index (χ1v) is 6.30. The summed E-state index contributed by atoms with van der Waals surface area (Å²) in [5, 5.41) is 14.9. The second-order valence-corrected chi connectivity index (χ2v) is 5.02. The summed E-state index contributed by atoms with van der Waals surface area (Å²) in [6.45, 7) is 4.67. The highest BCUT2D eigenvalue weighted by atomic mass is 79.9. The normalized spacial score (nSPS) is 15.6. The van der Waals surface area contributed by atoms with Crippen molar-refractivity contribution in [1.29, 1.82) is 0 Å². The van der Waals surface area contributed by atoms with Crippen molar-refractivity contribution in [2.75, 3.05) is 6.54 Å². The molecule has 0 saturated carbocycles. The maximum absolute atomic E-state index is 8.55. The minimum Gasteiger partial charge on any atom is -0.409 e. The molecule has 0 aromatic heterocycles. The van der Waals surface area contributed by atoms with Gasteiger partial charge in [0.2, 0.25) is 0 Å². The molecular formula is C12H18BrN3O. The predicted molar refractivity (Wildman–Crippen MR) is 73.1 cm³/mol. The van der Waals surface area contributed by atoms with E-state index in [1.165, 1.54) is 5.56 Å². The third-order valence-electron chi connectivity index (χ3n) is 2.72. The molecule has 5 heteroatoms. The summed E-state index contributed by atoms with van der Waals surface area (Å²) in [5.41, 5.74) is 6.72. The van der Waals surface area contributed by atoms with Crippen molar-refractivity contribution in [1.82, 2.24) is 5.32 Å². The smallest absolute Gasteiger partial charge is 0.143 e. The highest BCUT2D eigenvalue weighted by Crippen LogP contribution is 2.16. The second kappa shape index (κ2) is 6.61. The molecular weight excluding hydrogens is 282 g/mol. The van der Waals surface area contributed by atoms with Gasteiger partial charge in [0.15, 0.2) is 0 Å². The van der Waals surface area contributed by atoms with E-state index in [4.69, 9.17) is 10.9 Å². The van der Waals surface area contributed by atoms with Gasteiger partial charge in [-0.25, -0.2) is 0 Å². The molecule has 0 aliphatic carbocycles. The zero-order chi connectivity index (χ0) is 12.8. The van der Waals surface area contributed by atoms with Crippen LogP contribution in [0.2, 0.25) is 0 Å². The maximum Gasteiger partial charge on any atom is 0.143 e. The number of oxime groups is 1. The molecule has 0 radical (unpaired) electrons. The lowest BCUT2D eigenvalue weighted by atomic mass is 10.1. The summed E-state index contributed by atoms with van der Waals surface area (Å²) in [4.78, 5) is 0. The zero-order valence-corrected chi connectivity index (χ0v) is 11.6. The molecule has 0 spiro atoms. The van der Waals surface area contributed by atoms with Crippen LogP contribution in [0.4, 0.5) is 0 Å². The number of benzene rings is 1. The van der Waals surface area contributed by atoms with E-state index >= 15 is 0 Å². The quantitative estimate of drug-likeness (QED) is 0.338. The fraction of sp³-hybridized carbons (Fsp3) is 0.417. The third-order valence-corrected chi connectivity index (χ3v) is 3.25. The van der Waals surface area contributed by atoms with Crippen LogP contribution in [0.5, 0.6) is 0 Å². The van der Waals surface area contributed by atoms with Crippen LogP contribution in [-0.2, 0) is 0 Å². The van der Waals surface area contributed by atoms with E-state index in [9.17, 15) is 0 Å². The molecule has 0 amide bonds. The van der Waals surface area contributed by atoms with Crippen LogP contribution >= 0.6 is 15.9 Å². The highest BCUT2D eigenvalue weighted by molar-refractivity contribution is 9.10. The van der Waals surface area contributed by atoms with Gasteiger partial charge in [0.05, 0.1) is 0 Å². The molecule has 4 N–H and O–H groups in total. The van der Waals surface area contributed by atoms with E-state index in [1.54, 1.807) is 0 Å². The maximum atomic E-state index is 8.55. The lowest BCUT2D eigenvalue weighted by molar-refractivity contribution is 0.313. The number of nitrogens with one attached hydrogen (secondary N) is 1. The Morgan fingerprint density at radius 1 is 1.41 bits per heavy atom. The van der Waals surface area contributed by atoms with Gasteiger partial charge < -0.3 is 16.3 Å². The molecule has 0 heterocycles. The van der Waals surface area contributed by atoms with E-state index in [2.05, 4.69) is 45.5 Å². The predicted octanol–water partition coefficient (Wildman–Crippen LogP) is 2.48. The monoisotopic (exact) mass is 299 g/mol. The molecule has 0 bridgehead atoms. The van der Waals surface area contributed by atoms with E-state index in [0.29, 0.717) is 6.54 Å². The average molecular weight is 300 g/mol. The van der Waals surface area contributed by atoms with Crippen molar-refractivity contribution >= 4 is 21.8 Å². The number of nitrogens with two attached hydrogens (primary N) is 1. The summed E-state index contributed by atoms with van der Waals surface area (Å²) in [5.74, 6) is 0.262. The topological polar surface area (TPSA) is 70.6 Å². The number of nitrogens with zero attached hydrogens (tertiary/aromatic N) is 1. The molecule has 0 fully saturated rings. The summed E-state index contributed by atoms with van der Waals surface area (Å²) >= 11 is 3.40. The number of amidine groups is 1.